The standard InChI is InChI=1S/C28H27ClN6O/c1-17-11-18(2)23(34-9-10-35-26(34)15-22(33-35)19-7-6-8-30-16-19)14-21(17)31-27(36)20-12-24(28(3,4)5)32-25(29)13-20/h6-16H,1-5H3,(H,31,36). The third kappa shape index (κ3) is 4.50. The second-order valence-corrected chi connectivity index (χ2v) is 10.4. The van der Waals surface area contributed by atoms with Gasteiger partial charge in [-0.25, -0.2) is 9.50 Å². The number of nitrogens with zero attached hydrogens (tertiary/aromatic N) is 5. The number of benzene rings is 1. The fourth-order valence-electron chi connectivity index (χ4n) is 4.18. The van der Waals surface area contributed by atoms with E-state index in [9.17, 15) is 4.79 Å². The number of carbonyl (C=O) groups excluding carboxylic acids is 1. The average molecular weight is 499 g/mol. The van der Waals surface area contributed by atoms with E-state index in [1.54, 1.807) is 24.5 Å². The van der Waals surface area contributed by atoms with Crippen LogP contribution < -0.4 is 5.32 Å². The van der Waals surface area contributed by atoms with Crippen LogP contribution in [-0.4, -0.2) is 30.1 Å². The van der Waals surface area contributed by atoms with Crippen LogP contribution >= 0.6 is 11.6 Å². The molecule has 1 N–H and O–H groups in total. The molecule has 5 aromatic rings. The number of hydrogen-bond donors (Lipinski definition) is 1. The van der Waals surface area contributed by atoms with E-state index in [4.69, 9.17) is 16.7 Å². The number of aromatic nitrogens is 5. The van der Waals surface area contributed by atoms with Gasteiger partial charge in [-0.05, 0) is 55.3 Å². The fourth-order valence-corrected chi connectivity index (χ4v) is 4.39. The highest BCUT2D eigenvalue weighted by atomic mass is 35.5. The van der Waals surface area contributed by atoms with E-state index in [1.807, 2.05) is 68.9 Å². The molecule has 0 fully saturated rings. The largest absolute Gasteiger partial charge is 0.322 e. The molecule has 7 nitrogen and oxygen atoms in total. The number of fused-ring (bicyclic) bond motifs is 1. The molecule has 0 spiro atoms. The van der Waals surface area contributed by atoms with Crippen LogP contribution in [0.3, 0.4) is 0 Å². The van der Waals surface area contributed by atoms with E-state index < -0.39 is 0 Å². The molecular formula is C28H27ClN6O. The number of rotatable bonds is 4. The maximum Gasteiger partial charge on any atom is 0.255 e. The predicted octanol–water partition coefficient (Wildman–Crippen LogP) is 6.40. The zero-order valence-corrected chi connectivity index (χ0v) is 21.6. The second kappa shape index (κ2) is 8.91. The van der Waals surface area contributed by atoms with Crippen molar-refractivity contribution in [3.05, 3.63) is 94.8 Å². The SMILES string of the molecule is Cc1cc(C)c(-n2ccn3nc(-c4cccnc4)cc23)cc1NC(=O)c1cc(Cl)nc(C(C)(C)C)c1. The summed E-state index contributed by atoms with van der Waals surface area (Å²) in [4.78, 5) is 21.8. The van der Waals surface area contributed by atoms with Gasteiger partial charge in [-0.2, -0.15) is 5.10 Å². The molecule has 5 rings (SSSR count). The Labute approximate surface area is 214 Å². The Hall–Kier alpha value is -3.97. The van der Waals surface area contributed by atoms with Crippen LogP contribution in [0.15, 0.2) is 67.3 Å². The highest BCUT2D eigenvalue weighted by Crippen LogP contribution is 2.29. The number of amides is 1. The third-order valence-corrected chi connectivity index (χ3v) is 6.35. The topological polar surface area (TPSA) is 77.1 Å². The van der Waals surface area contributed by atoms with Crippen LogP contribution in [0.25, 0.3) is 22.6 Å². The van der Waals surface area contributed by atoms with Gasteiger partial charge in [0.15, 0.2) is 0 Å². The minimum absolute atomic E-state index is 0.230. The third-order valence-electron chi connectivity index (χ3n) is 6.15. The van der Waals surface area contributed by atoms with Gasteiger partial charge in [0.25, 0.3) is 5.91 Å². The smallest absolute Gasteiger partial charge is 0.255 e. The summed E-state index contributed by atoms with van der Waals surface area (Å²) in [6.07, 6.45) is 7.43. The number of imidazole rings is 1. The van der Waals surface area contributed by atoms with E-state index >= 15 is 0 Å². The lowest BCUT2D eigenvalue weighted by Crippen LogP contribution is -2.18. The summed E-state index contributed by atoms with van der Waals surface area (Å²) in [6, 6.07) is 13.4. The summed E-state index contributed by atoms with van der Waals surface area (Å²) in [5.74, 6) is -0.233. The van der Waals surface area contributed by atoms with E-state index in [0.717, 1.165) is 45.1 Å². The zero-order valence-electron chi connectivity index (χ0n) is 20.9. The van der Waals surface area contributed by atoms with E-state index in [0.29, 0.717) is 10.7 Å². The van der Waals surface area contributed by atoms with Gasteiger partial charge in [-0.3, -0.25) is 14.3 Å². The monoisotopic (exact) mass is 498 g/mol. The summed E-state index contributed by atoms with van der Waals surface area (Å²) in [7, 11) is 0. The highest BCUT2D eigenvalue weighted by Gasteiger charge is 2.20. The number of aryl methyl sites for hydroxylation is 2. The van der Waals surface area contributed by atoms with Crippen LogP contribution in [0.4, 0.5) is 5.69 Å². The molecule has 0 radical (unpaired) electrons. The van der Waals surface area contributed by atoms with Gasteiger partial charge in [0, 0.05) is 58.8 Å². The number of nitrogens with one attached hydrogen (secondary N) is 1. The summed E-state index contributed by atoms with van der Waals surface area (Å²) in [5.41, 5.74) is 7.44. The Bertz CT molecular complexity index is 1590. The van der Waals surface area contributed by atoms with Crippen LogP contribution in [0.1, 0.15) is 48.0 Å². The molecule has 0 aliphatic heterocycles. The van der Waals surface area contributed by atoms with Gasteiger partial charge >= 0.3 is 0 Å². The van der Waals surface area contributed by atoms with E-state index in [2.05, 4.69) is 32.8 Å². The van der Waals surface area contributed by atoms with Gasteiger partial charge in [0.05, 0.1) is 11.4 Å². The number of halogens is 1. The van der Waals surface area contributed by atoms with Crippen molar-refractivity contribution in [3.8, 4) is 16.9 Å². The average Bonchev–Trinajstić information content (AvgIpc) is 3.42. The number of hydrogen-bond acceptors (Lipinski definition) is 4. The number of pyridine rings is 2. The molecule has 0 aliphatic rings. The first-order valence-corrected chi connectivity index (χ1v) is 12.1. The molecule has 0 atom stereocenters. The Morgan fingerprint density at radius 2 is 1.83 bits per heavy atom. The van der Waals surface area contributed by atoms with Crippen LogP contribution in [0.2, 0.25) is 5.15 Å². The van der Waals surface area contributed by atoms with Crippen molar-refractivity contribution in [1.82, 2.24) is 24.1 Å². The number of carbonyl (C=O) groups is 1. The van der Waals surface area contributed by atoms with Crippen molar-refractivity contribution in [2.45, 2.75) is 40.0 Å². The lowest BCUT2D eigenvalue weighted by atomic mass is 9.91. The normalized spacial score (nSPS) is 11.7. The maximum atomic E-state index is 13.2. The van der Waals surface area contributed by atoms with Gasteiger partial charge < -0.3 is 5.32 Å². The first-order chi connectivity index (χ1) is 17.1. The molecule has 0 unspecified atom stereocenters. The van der Waals surface area contributed by atoms with Crippen molar-refractivity contribution in [2.75, 3.05) is 5.32 Å². The molecular weight excluding hydrogens is 472 g/mol. The summed E-state index contributed by atoms with van der Waals surface area (Å²) in [6.45, 7) is 10.2. The van der Waals surface area contributed by atoms with E-state index in [1.165, 1.54) is 0 Å². The summed E-state index contributed by atoms with van der Waals surface area (Å²) >= 11 is 6.24. The molecule has 0 saturated heterocycles. The van der Waals surface area contributed by atoms with Crippen LogP contribution in [-0.2, 0) is 5.41 Å². The molecule has 0 bridgehead atoms. The van der Waals surface area contributed by atoms with Gasteiger partial charge in [0.1, 0.15) is 10.8 Å². The molecule has 1 aromatic carbocycles. The van der Waals surface area contributed by atoms with Crippen molar-refractivity contribution in [2.24, 2.45) is 0 Å². The molecule has 8 heteroatoms. The quantitative estimate of drug-likeness (QED) is 0.291. The van der Waals surface area contributed by atoms with E-state index in [-0.39, 0.29) is 11.3 Å². The van der Waals surface area contributed by atoms with Crippen LogP contribution in [0.5, 0.6) is 0 Å². The van der Waals surface area contributed by atoms with Gasteiger partial charge in [0.2, 0.25) is 0 Å². The first-order valence-electron chi connectivity index (χ1n) is 11.7. The molecule has 182 valence electrons. The van der Waals surface area contributed by atoms with Crippen molar-refractivity contribution in [3.63, 3.8) is 0 Å². The van der Waals surface area contributed by atoms with Gasteiger partial charge in [-0.1, -0.05) is 38.4 Å². The molecule has 0 saturated carbocycles. The summed E-state index contributed by atoms with van der Waals surface area (Å²) < 4.78 is 3.91. The Balaban J connectivity index is 1.51. The lowest BCUT2D eigenvalue weighted by Gasteiger charge is -2.19. The first kappa shape index (κ1) is 23.8. The minimum Gasteiger partial charge on any atom is -0.322 e. The molecule has 4 aromatic heterocycles. The molecule has 36 heavy (non-hydrogen) atoms. The molecule has 1 amide bonds. The second-order valence-electron chi connectivity index (χ2n) is 9.96. The lowest BCUT2D eigenvalue weighted by molar-refractivity contribution is 0.102. The zero-order chi connectivity index (χ0) is 25.6. The summed E-state index contributed by atoms with van der Waals surface area (Å²) in [5, 5.41) is 8.06. The van der Waals surface area contributed by atoms with Crippen LogP contribution in [0, 0.1) is 13.8 Å². The van der Waals surface area contributed by atoms with Gasteiger partial charge in [-0.15, -0.1) is 0 Å². The molecule has 4 heterocycles. The Morgan fingerprint density at radius 1 is 1.03 bits per heavy atom. The number of anilines is 1. The maximum absolute atomic E-state index is 13.2. The molecule has 0 aliphatic carbocycles. The van der Waals surface area contributed by atoms with Crippen molar-refractivity contribution >= 4 is 28.8 Å². The van der Waals surface area contributed by atoms with Crippen molar-refractivity contribution in [1.29, 1.82) is 0 Å². The highest BCUT2D eigenvalue weighted by molar-refractivity contribution is 6.29. The predicted molar refractivity (Wildman–Crippen MR) is 143 cm³/mol. The minimum atomic E-state index is -0.233. The Morgan fingerprint density at radius 3 is 2.56 bits per heavy atom. The fraction of sp³-hybridized carbons (Fsp3) is 0.214. The van der Waals surface area contributed by atoms with Crippen molar-refractivity contribution < 1.29 is 4.79 Å². The Kier molecular flexibility index (Phi) is 5.88.